The number of carbonyl (C=O) groups is 1. The maximum atomic E-state index is 12.3. The Morgan fingerprint density at radius 2 is 2.15 bits per heavy atom. The zero-order valence-corrected chi connectivity index (χ0v) is 12.2. The van der Waals surface area contributed by atoms with E-state index in [1.807, 2.05) is 36.1 Å². The molecule has 0 saturated carbocycles. The van der Waals surface area contributed by atoms with E-state index in [2.05, 4.69) is 6.92 Å². The first-order valence-electron chi connectivity index (χ1n) is 7.31. The fourth-order valence-electron chi connectivity index (χ4n) is 2.34. The third-order valence-electron chi connectivity index (χ3n) is 3.84. The second-order valence-electron chi connectivity index (χ2n) is 5.45. The average molecular weight is 277 g/mol. The van der Waals surface area contributed by atoms with Crippen molar-refractivity contribution in [2.24, 2.45) is 5.92 Å². The van der Waals surface area contributed by atoms with Gasteiger partial charge in [-0.1, -0.05) is 6.92 Å². The maximum absolute atomic E-state index is 12.3. The Hall–Kier alpha value is -1.55. The van der Waals surface area contributed by atoms with Crippen LogP contribution in [-0.2, 0) is 0 Å². The van der Waals surface area contributed by atoms with Crippen molar-refractivity contribution in [2.75, 3.05) is 19.7 Å². The number of benzene rings is 1. The smallest absolute Gasteiger partial charge is 0.253 e. The summed E-state index contributed by atoms with van der Waals surface area (Å²) in [6, 6.07) is 7.32. The molecule has 1 aliphatic rings. The highest BCUT2D eigenvalue weighted by molar-refractivity contribution is 5.94. The van der Waals surface area contributed by atoms with Gasteiger partial charge in [-0.2, -0.15) is 0 Å². The van der Waals surface area contributed by atoms with Gasteiger partial charge in [0.1, 0.15) is 5.75 Å². The van der Waals surface area contributed by atoms with Crippen molar-refractivity contribution in [3.63, 3.8) is 0 Å². The van der Waals surface area contributed by atoms with Gasteiger partial charge in [0.05, 0.1) is 6.10 Å². The van der Waals surface area contributed by atoms with Gasteiger partial charge in [-0.05, 0) is 44.0 Å². The molecule has 2 unspecified atom stereocenters. The van der Waals surface area contributed by atoms with Crippen molar-refractivity contribution in [2.45, 2.75) is 32.8 Å². The number of hydrogen-bond acceptors (Lipinski definition) is 3. The van der Waals surface area contributed by atoms with Gasteiger partial charge in [0, 0.05) is 31.2 Å². The van der Waals surface area contributed by atoms with Crippen LogP contribution in [0.15, 0.2) is 24.3 Å². The molecule has 1 fully saturated rings. The summed E-state index contributed by atoms with van der Waals surface area (Å²) in [5.74, 6) is 1.06. The summed E-state index contributed by atoms with van der Waals surface area (Å²) in [4.78, 5) is 14.1. The van der Waals surface area contributed by atoms with Crippen LogP contribution in [0.5, 0.6) is 5.75 Å². The third kappa shape index (κ3) is 3.51. The van der Waals surface area contributed by atoms with Crippen molar-refractivity contribution < 1.29 is 14.6 Å². The lowest BCUT2D eigenvalue weighted by atomic mass is 10.1. The van der Waals surface area contributed by atoms with E-state index in [0.717, 1.165) is 25.1 Å². The van der Waals surface area contributed by atoms with Crippen LogP contribution in [0, 0.1) is 5.92 Å². The number of nitrogens with zero attached hydrogens (tertiary/aromatic N) is 1. The molecule has 1 aromatic rings. The molecule has 2 atom stereocenters. The van der Waals surface area contributed by atoms with Crippen molar-refractivity contribution in [1.82, 2.24) is 4.90 Å². The van der Waals surface area contributed by atoms with Crippen LogP contribution >= 0.6 is 0 Å². The van der Waals surface area contributed by atoms with E-state index in [9.17, 15) is 4.79 Å². The summed E-state index contributed by atoms with van der Waals surface area (Å²) in [5.41, 5.74) is 0.681. The van der Waals surface area contributed by atoms with Gasteiger partial charge >= 0.3 is 0 Å². The molecule has 0 spiro atoms. The number of hydrogen-bond donors (Lipinski definition) is 1. The van der Waals surface area contributed by atoms with Crippen LogP contribution in [0.3, 0.4) is 0 Å². The molecule has 1 N–H and O–H groups in total. The molecule has 0 aromatic heterocycles. The number of aliphatic hydroxyl groups is 1. The Balaban J connectivity index is 1.97. The van der Waals surface area contributed by atoms with Crippen LogP contribution in [0.2, 0.25) is 0 Å². The highest BCUT2D eigenvalue weighted by Crippen LogP contribution is 2.20. The minimum absolute atomic E-state index is 0.0380. The lowest BCUT2D eigenvalue weighted by Crippen LogP contribution is -2.29. The Morgan fingerprint density at radius 3 is 2.70 bits per heavy atom. The molecular weight excluding hydrogens is 254 g/mol. The number of amides is 1. The Labute approximate surface area is 120 Å². The molecule has 1 heterocycles. The molecule has 1 amide bonds. The fourth-order valence-corrected chi connectivity index (χ4v) is 2.34. The molecule has 1 aromatic carbocycles. The molecule has 0 radical (unpaired) electrons. The van der Waals surface area contributed by atoms with E-state index in [-0.39, 0.29) is 24.5 Å². The predicted molar refractivity (Wildman–Crippen MR) is 77.9 cm³/mol. The van der Waals surface area contributed by atoms with E-state index in [4.69, 9.17) is 9.84 Å². The van der Waals surface area contributed by atoms with E-state index in [1.165, 1.54) is 0 Å². The number of aliphatic hydroxyl groups excluding tert-OH is 1. The van der Waals surface area contributed by atoms with Crippen molar-refractivity contribution in [3.05, 3.63) is 29.8 Å². The van der Waals surface area contributed by atoms with Crippen molar-refractivity contribution in [1.29, 1.82) is 0 Å². The van der Waals surface area contributed by atoms with E-state index in [1.54, 1.807) is 0 Å². The zero-order valence-electron chi connectivity index (χ0n) is 12.2. The van der Waals surface area contributed by atoms with Crippen LogP contribution in [0.1, 0.15) is 37.0 Å². The van der Waals surface area contributed by atoms with E-state index >= 15 is 0 Å². The SMILES string of the molecule is CCC(C)Oc1ccc(C(=O)N2CCC(CO)C2)cc1. The van der Waals surface area contributed by atoms with Crippen LogP contribution in [0.4, 0.5) is 0 Å². The summed E-state index contributed by atoms with van der Waals surface area (Å²) >= 11 is 0. The van der Waals surface area contributed by atoms with Gasteiger partial charge in [0.2, 0.25) is 0 Å². The van der Waals surface area contributed by atoms with Crippen molar-refractivity contribution in [3.8, 4) is 5.75 Å². The van der Waals surface area contributed by atoms with E-state index in [0.29, 0.717) is 12.1 Å². The van der Waals surface area contributed by atoms with E-state index < -0.39 is 0 Å². The van der Waals surface area contributed by atoms with Gasteiger partial charge < -0.3 is 14.7 Å². The highest BCUT2D eigenvalue weighted by Gasteiger charge is 2.26. The van der Waals surface area contributed by atoms with Crippen LogP contribution in [-0.4, -0.2) is 41.7 Å². The molecular formula is C16H23NO3. The first kappa shape index (κ1) is 14.9. The van der Waals surface area contributed by atoms with Gasteiger partial charge in [0.15, 0.2) is 0 Å². The summed E-state index contributed by atoms with van der Waals surface area (Å²) in [6.45, 7) is 5.65. The Kier molecular flexibility index (Phi) is 5.01. The minimum atomic E-state index is 0.0380. The Morgan fingerprint density at radius 1 is 1.45 bits per heavy atom. The second-order valence-corrected chi connectivity index (χ2v) is 5.45. The van der Waals surface area contributed by atoms with Crippen molar-refractivity contribution >= 4 is 5.91 Å². The minimum Gasteiger partial charge on any atom is -0.491 e. The third-order valence-corrected chi connectivity index (χ3v) is 3.84. The first-order chi connectivity index (χ1) is 9.63. The van der Waals surface area contributed by atoms with Crippen LogP contribution < -0.4 is 4.74 Å². The number of rotatable bonds is 5. The van der Waals surface area contributed by atoms with Gasteiger partial charge in [-0.15, -0.1) is 0 Å². The number of ether oxygens (including phenoxy) is 1. The Bertz CT molecular complexity index is 444. The molecule has 110 valence electrons. The second kappa shape index (κ2) is 6.75. The number of carbonyl (C=O) groups excluding carboxylic acids is 1. The molecule has 1 aliphatic heterocycles. The highest BCUT2D eigenvalue weighted by atomic mass is 16.5. The molecule has 1 saturated heterocycles. The lowest BCUT2D eigenvalue weighted by Gasteiger charge is -2.17. The molecule has 0 aliphatic carbocycles. The van der Waals surface area contributed by atoms with Crippen LogP contribution in [0.25, 0.3) is 0 Å². The fraction of sp³-hybridized carbons (Fsp3) is 0.562. The predicted octanol–water partition coefficient (Wildman–Crippen LogP) is 2.32. The standard InChI is InChI=1S/C16H23NO3/c1-3-12(2)20-15-6-4-14(5-7-15)16(19)17-9-8-13(10-17)11-18/h4-7,12-13,18H,3,8-11H2,1-2H3. The zero-order chi connectivity index (χ0) is 14.5. The quantitative estimate of drug-likeness (QED) is 0.898. The lowest BCUT2D eigenvalue weighted by molar-refractivity contribution is 0.0782. The average Bonchev–Trinajstić information content (AvgIpc) is 2.96. The summed E-state index contributed by atoms with van der Waals surface area (Å²) < 4.78 is 5.70. The van der Waals surface area contributed by atoms with Gasteiger partial charge in [-0.25, -0.2) is 0 Å². The first-order valence-corrected chi connectivity index (χ1v) is 7.31. The maximum Gasteiger partial charge on any atom is 0.253 e. The molecule has 2 rings (SSSR count). The van der Waals surface area contributed by atoms with Gasteiger partial charge in [-0.3, -0.25) is 4.79 Å². The largest absolute Gasteiger partial charge is 0.491 e. The number of likely N-dealkylation sites (tertiary alicyclic amines) is 1. The summed E-state index contributed by atoms with van der Waals surface area (Å²) in [7, 11) is 0. The topological polar surface area (TPSA) is 49.8 Å². The molecule has 20 heavy (non-hydrogen) atoms. The molecule has 4 heteroatoms. The van der Waals surface area contributed by atoms with Gasteiger partial charge in [0.25, 0.3) is 5.91 Å². The monoisotopic (exact) mass is 277 g/mol. The summed E-state index contributed by atoms with van der Waals surface area (Å²) in [5, 5.41) is 9.13. The summed E-state index contributed by atoms with van der Waals surface area (Å²) in [6.07, 6.45) is 2.02. The molecule has 0 bridgehead atoms. The normalized spacial score (nSPS) is 19.9. The molecule has 4 nitrogen and oxygen atoms in total.